The van der Waals surface area contributed by atoms with E-state index in [0.29, 0.717) is 0 Å². The maximum Gasteiger partial charge on any atom is 0.0466 e. The number of unbranched alkanes of at least 4 members (excludes halogenated alkanes) is 6. The minimum Gasteiger partial charge on any atom is -0.381 e. The Morgan fingerprint density at radius 2 is 0.562 bits per heavy atom. The molecule has 0 aromatic carbocycles. The lowest BCUT2D eigenvalue weighted by atomic mass is 10.2. The highest BCUT2D eigenvalue weighted by molar-refractivity contribution is 4.39. The van der Waals surface area contributed by atoms with Gasteiger partial charge in [0, 0.05) is 26.4 Å². The van der Waals surface area contributed by atoms with E-state index in [4.69, 9.17) is 9.47 Å². The van der Waals surface area contributed by atoms with Crippen molar-refractivity contribution >= 4 is 0 Å². The van der Waals surface area contributed by atoms with Crippen molar-refractivity contribution in [2.45, 2.75) is 122 Å². The molecule has 204 valence electrons. The van der Waals surface area contributed by atoms with Gasteiger partial charge in [-0.2, -0.15) is 0 Å². The molecule has 0 atom stereocenters. The quantitative estimate of drug-likeness (QED) is 0.188. The third-order valence-corrected chi connectivity index (χ3v) is 3.07. The van der Waals surface area contributed by atoms with Crippen molar-refractivity contribution < 1.29 is 9.47 Å². The Bertz CT molecular complexity index is 162. The summed E-state index contributed by atoms with van der Waals surface area (Å²) in [6.45, 7) is 36.6. The summed E-state index contributed by atoms with van der Waals surface area (Å²) in [6, 6.07) is 0. The number of hydrogen-bond acceptors (Lipinski definition) is 2. The average molecular weight is 465 g/mol. The van der Waals surface area contributed by atoms with Crippen LogP contribution in [-0.4, -0.2) is 26.4 Å². The summed E-state index contributed by atoms with van der Waals surface area (Å²) in [7, 11) is 0. The molecule has 0 aromatic heterocycles. The molecule has 0 aliphatic heterocycles. The monoisotopic (exact) mass is 465 g/mol. The first-order chi connectivity index (χ1) is 13.8. The molecule has 0 saturated heterocycles. The van der Waals surface area contributed by atoms with Crippen molar-refractivity contribution in [2.75, 3.05) is 26.4 Å². The van der Waals surface area contributed by atoms with Crippen molar-refractivity contribution in [3.8, 4) is 0 Å². The molecule has 0 N–H and O–H groups in total. The van der Waals surface area contributed by atoms with Gasteiger partial charge in [0.1, 0.15) is 0 Å². The van der Waals surface area contributed by atoms with E-state index >= 15 is 0 Å². The van der Waals surface area contributed by atoms with Crippen molar-refractivity contribution in [1.82, 2.24) is 0 Å². The van der Waals surface area contributed by atoms with E-state index in [0.717, 1.165) is 26.4 Å². The second-order valence-electron chi connectivity index (χ2n) is 5.35. The molecule has 0 unspecified atom stereocenters. The van der Waals surface area contributed by atoms with E-state index in [2.05, 4.69) is 80.3 Å². The minimum atomic E-state index is 0. The SMILES string of the molecule is C.C.C.C.C=C.C=C.C=C.C=C.CCCCCCOCCCC.CCCCOCCCC. The Morgan fingerprint density at radius 1 is 0.344 bits per heavy atom. The fraction of sp³-hybridized carbons (Fsp3) is 0.733. The molecule has 0 aliphatic rings. The van der Waals surface area contributed by atoms with Crippen LogP contribution in [0.5, 0.6) is 0 Å². The first-order valence-electron chi connectivity index (χ1n) is 11.0. The van der Waals surface area contributed by atoms with Gasteiger partial charge in [0.2, 0.25) is 0 Å². The highest BCUT2D eigenvalue weighted by atomic mass is 16.5. The first kappa shape index (κ1) is 63.2. The predicted molar refractivity (Wildman–Crippen MR) is 162 cm³/mol. The molecule has 0 aliphatic carbocycles. The van der Waals surface area contributed by atoms with E-state index in [-0.39, 0.29) is 29.7 Å². The van der Waals surface area contributed by atoms with Crippen molar-refractivity contribution in [3.05, 3.63) is 52.6 Å². The van der Waals surface area contributed by atoms with Gasteiger partial charge >= 0.3 is 0 Å². The summed E-state index contributed by atoms with van der Waals surface area (Å²) in [4.78, 5) is 0. The normalized spacial score (nSPS) is 6.88. The van der Waals surface area contributed by atoms with Gasteiger partial charge in [0.15, 0.2) is 0 Å². The standard InChI is InChI=1S/C10H22O.C8H18O.4C2H4.4CH4/c1-3-5-7-8-10-11-9-6-4-2;1-3-5-7-9-8-6-4-2;4*1-2;;;;/h3-10H2,1-2H3;3-8H2,1-2H3;4*1-2H2;4*1H4. The van der Waals surface area contributed by atoms with Gasteiger partial charge in [-0.05, 0) is 25.7 Å². The van der Waals surface area contributed by atoms with Crippen molar-refractivity contribution in [3.63, 3.8) is 0 Å². The predicted octanol–water partition coefficient (Wildman–Crippen LogP) is 11.7. The lowest BCUT2D eigenvalue weighted by molar-refractivity contribution is 0.127. The van der Waals surface area contributed by atoms with Gasteiger partial charge < -0.3 is 9.47 Å². The summed E-state index contributed by atoms with van der Waals surface area (Å²) in [5, 5.41) is 0. The average Bonchev–Trinajstić information content (AvgIpc) is 2.79. The third kappa shape index (κ3) is 135. The van der Waals surface area contributed by atoms with Crippen LogP contribution >= 0.6 is 0 Å². The zero-order valence-corrected chi connectivity index (χ0v) is 20.4. The second kappa shape index (κ2) is 113. The third-order valence-electron chi connectivity index (χ3n) is 3.07. The van der Waals surface area contributed by atoms with Crippen LogP contribution in [0, 0.1) is 0 Å². The molecule has 0 rings (SSSR count). The molecular formula is C30H72O2. The molecule has 0 radical (unpaired) electrons. The van der Waals surface area contributed by atoms with Gasteiger partial charge in [0.05, 0.1) is 0 Å². The van der Waals surface area contributed by atoms with Crippen molar-refractivity contribution in [2.24, 2.45) is 0 Å². The fourth-order valence-electron chi connectivity index (χ4n) is 1.57. The molecular weight excluding hydrogens is 392 g/mol. The van der Waals surface area contributed by atoms with Crippen LogP contribution in [0.1, 0.15) is 122 Å². The summed E-state index contributed by atoms with van der Waals surface area (Å²) in [5.41, 5.74) is 0. The molecule has 0 aromatic rings. The molecule has 2 nitrogen and oxygen atoms in total. The lowest BCUT2D eigenvalue weighted by Crippen LogP contribution is -1.96. The van der Waals surface area contributed by atoms with Crippen LogP contribution in [0.15, 0.2) is 52.6 Å². The van der Waals surface area contributed by atoms with E-state index in [1.54, 1.807) is 0 Å². The zero-order valence-electron chi connectivity index (χ0n) is 20.4. The van der Waals surface area contributed by atoms with E-state index < -0.39 is 0 Å². The van der Waals surface area contributed by atoms with E-state index in [1.165, 1.54) is 64.2 Å². The Morgan fingerprint density at radius 3 is 0.781 bits per heavy atom. The van der Waals surface area contributed by atoms with Gasteiger partial charge in [-0.15, -0.1) is 52.6 Å². The first-order valence-corrected chi connectivity index (χ1v) is 11.0. The molecule has 2 heteroatoms. The Kier molecular flexibility index (Phi) is 222. The van der Waals surface area contributed by atoms with Crippen LogP contribution < -0.4 is 0 Å². The smallest absolute Gasteiger partial charge is 0.0466 e. The lowest BCUT2D eigenvalue weighted by Gasteiger charge is -2.01. The molecule has 0 amide bonds. The van der Waals surface area contributed by atoms with Gasteiger partial charge in [-0.3, -0.25) is 0 Å². The Balaban J connectivity index is -0.0000000263. The fourth-order valence-corrected chi connectivity index (χ4v) is 1.57. The summed E-state index contributed by atoms with van der Waals surface area (Å²) in [5.74, 6) is 0. The van der Waals surface area contributed by atoms with E-state index in [9.17, 15) is 0 Å². The van der Waals surface area contributed by atoms with Crippen LogP contribution in [0.4, 0.5) is 0 Å². The molecule has 0 fully saturated rings. The molecule has 32 heavy (non-hydrogen) atoms. The summed E-state index contributed by atoms with van der Waals surface area (Å²) in [6.07, 6.45) is 12.6. The highest BCUT2D eigenvalue weighted by Crippen LogP contribution is 1.99. The van der Waals surface area contributed by atoms with Crippen LogP contribution in [0.2, 0.25) is 0 Å². The van der Waals surface area contributed by atoms with Crippen molar-refractivity contribution in [1.29, 1.82) is 0 Å². The van der Waals surface area contributed by atoms with E-state index in [1.807, 2.05) is 0 Å². The van der Waals surface area contributed by atoms with Crippen LogP contribution in [-0.2, 0) is 9.47 Å². The topological polar surface area (TPSA) is 18.5 Å². The molecule has 0 bridgehead atoms. The molecule has 0 heterocycles. The van der Waals surface area contributed by atoms with Crippen LogP contribution in [0.3, 0.4) is 0 Å². The maximum absolute atomic E-state index is 5.42. The largest absolute Gasteiger partial charge is 0.381 e. The van der Waals surface area contributed by atoms with Gasteiger partial charge in [-0.1, -0.05) is 95.9 Å². The van der Waals surface area contributed by atoms with Gasteiger partial charge in [0.25, 0.3) is 0 Å². The number of ether oxygens (including phenoxy) is 2. The zero-order chi connectivity index (χ0) is 23.3. The molecule has 0 saturated carbocycles. The summed E-state index contributed by atoms with van der Waals surface area (Å²) >= 11 is 0. The highest BCUT2D eigenvalue weighted by Gasteiger charge is 1.88. The summed E-state index contributed by atoms with van der Waals surface area (Å²) < 4.78 is 10.7. The maximum atomic E-state index is 5.42. The molecule has 0 spiro atoms. The Hall–Kier alpha value is -1.12. The van der Waals surface area contributed by atoms with Crippen LogP contribution in [0.25, 0.3) is 0 Å². The minimum absolute atomic E-state index is 0. The van der Waals surface area contributed by atoms with Gasteiger partial charge in [-0.25, -0.2) is 0 Å². The second-order valence-corrected chi connectivity index (χ2v) is 5.35. The number of hydrogen-bond donors (Lipinski definition) is 0. The Labute approximate surface area is 210 Å². The number of rotatable bonds is 14.